The molecule has 1 saturated heterocycles. The van der Waals surface area contributed by atoms with Gasteiger partial charge in [-0.2, -0.15) is 11.8 Å². The monoisotopic (exact) mass is 245 g/mol. The normalized spacial score (nSPS) is 17.7. The molecule has 0 saturated carbocycles. The molecule has 2 rings (SSSR count). The number of hydrogen-bond acceptors (Lipinski definition) is 2. The van der Waals surface area contributed by atoms with Crippen LogP contribution in [0.3, 0.4) is 0 Å². The van der Waals surface area contributed by atoms with E-state index in [1.165, 1.54) is 23.6 Å². The van der Waals surface area contributed by atoms with Crippen molar-refractivity contribution in [2.75, 3.05) is 16.8 Å². The van der Waals surface area contributed by atoms with Crippen molar-refractivity contribution in [1.29, 1.82) is 0 Å². The summed E-state index contributed by atoms with van der Waals surface area (Å²) in [5, 5.41) is 3.83. The van der Waals surface area contributed by atoms with E-state index >= 15 is 0 Å². The van der Waals surface area contributed by atoms with E-state index in [2.05, 4.69) is 5.32 Å². The molecule has 0 radical (unpaired) electrons. The molecule has 0 spiro atoms. The molecule has 0 bridgehead atoms. The van der Waals surface area contributed by atoms with Crippen LogP contribution in [0, 0.1) is 5.82 Å². The predicted molar refractivity (Wildman–Crippen MR) is 65.4 cm³/mol. The van der Waals surface area contributed by atoms with E-state index in [-0.39, 0.29) is 5.82 Å². The van der Waals surface area contributed by atoms with E-state index in [9.17, 15) is 4.39 Å². The zero-order valence-corrected chi connectivity index (χ0v) is 9.87. The third-order valence-electron chi connectivity index (χ3n) is 2.51. The summed E-state index contributed by atoms with van der Waals surface area (Å²) in [5.41, 5.74) is 0.843. The first-order valence-electron chi connectivity index (χ1n) is 5.05. The molecule has 1 aliphatic heterocycles. The first-order valence-corrected chi connectivity index (χ1v) is 6.58. The van der Waals surface area contributed by atoms with Gasteiger partial charge in [0.15, 0.2) is 0 Å². The molecule has 1 fully saturated rings. The Balaban J connectivity index is 2.03. The molecule has 1 N–H and O–H groups in total. The van der Waals surface area contributed by atoms with Gasteiger partial charge in [-0.1, -0.05) is 11.6 Å². The lowest BCUT2D eigenvalue weighted by molar-refractivity contribution is 0.627. The fourth-order valence-electron chi connectivity index (χ4n) is 1.67. The molecule has 1 aromatic rings. The molecular formula is C11H13ClFNS. The summed E-state index contributed by atoms with van der Waals surface area (Å²) in [7, 11) is 0. The number of hydrogen-bond donors (Lipinski definition) is 1. The van der Waals surface area contributed by atoms with Crippen LogP contribution in [0.25, 0.3) is 0 Å². The molecule has 82 valence electrons. The summed E-state index contributed by atoms with van der Waals surface area (Å²) in [5.74, 6) is 2.09. The maximum absolute atomic E-state index is 12.8. The topological polar surface area (TPSA) is 12.0 Å². The van der Waals surface area contributed by atoms with Crippen LogP contribution in [0.15, 0.2) is 18.2 Å². The van der Waals surface area contributed by atoms with Crippen LogP contribution in [0.1, 0.15) is 12.8 Å². The standard InChI is InChI=1S/C11H13ClFNS/c12-10-7-8(13)1-2-11(10)14-9-3-5-15-6-4-9/h1-2,7,9,14H,3-6H2. The van der Waals surface area contributed by atoms with Gasteiger partial charge in [-0.3, -0.25) is 0 Å². The van der Waals surface area contributed by atoms with Crippen LogP contribution in [0.4, 0.5) is 10.1 Å². The lowest BCUT2D eigenvalue weighted by Crippen LogP contribution is -2.24. The average Bonchev–Trinajstić information content (AvgIpc) is 2.24. The Bertz CT molecular complexity index is 339. The zero-order chi connectivity index (χ0) is 10.7. The first kappa shape index (κ1) is 11.1. The second kappa shape index (κ2) is 5.08. The van der Waals surface area contributed by atoms with Crippen molar-refractivity contribution in [3.63, 3.8) is 0 Å². The van der Waals surface area contributed by atoms with Crippen LogP contribution in [-0.4, -0.2) is 17.5 Å². The van der Waals surface area contributed by atoms with Gasteiger partial charge in [0, 0.05) is 6.04 Å². The van der Waals surface area contributed by atoms with Crippen molar-refractivity contribution >= 4 is 29.1 Å². The second-order valence-electron chi connectivity index (χ2n) is 3.66. The van der Waals surface area contributed by atoms with Crippen LogP contribution in [0.5, 0.6) is 0 Å². The highest BCUT2D eigenvalue weighted by atomic mass is 35.5. The molecule has 0 aromatic heterocycles. The fraction of sp³-hybridized carbons (Fsp3) is 0.455. The van der Waals surface area contributed by atoms with Gasteiger partial charge in [-0.25, -0.2) is 4.39 Å². The Morgan fingerprint density at radius 2 is 2.07 bits per heavy atom. The first-order chi connectivity index (χ1) is 7.25. The van der Waals surface area contributed by atoms with Crippen molar-refractivity contribution in [2.45, 2.75) is 18.9 Å². The smallest absolute Gasteiger partial charge is 0.124 e. The van der Waals surface area contributed by atoms with Crippen LogP contribution in [0.2, 0.25) is 5.02 Å². The molecule has 1 aromatic carbocycles. The summed E-state index contributed by atoms with van der Waals surface area (Å²) in [6, 6.07) is 4.97. The Morgan fingerprint density at radius 1 is 1.33 bits per heavy atom. The van der Waals surface area contributed by atoms with Gasteiger partial charge in [0.1, 0.15) is 5.82 Å². The molecule has 0 unspecified atom stereocenters. The molecule has 4 heteroatoms. The van der Waals surface area contributed by atoms with Gasteiger partial charge >= 0.3 is 0 Å². The Kier molecular flexibility index (Phi) is 3.76. The van der Waals surface area contributed by atoms with Crippen LogP contribution >= 0.6 is 23.4 Å². The molecule has 0 aliphatic carbocycles. The Morgan fingerprint density at radius 3 is 2.73 bits per heavy atom. The third-order valence-corrected chi connectivity index (χ3v) is 3.87. The minimum Gasteiger partial charge on any atom is -0.381 e. The largest absolute Gasteiger partial charge is 0.381 e. The van der Waals surface area contributed by atoms with Gasteiger partial charge in [-0.15, -0.1) is 0 Å². The van der Waals surface area contributed by atoms with Gasteiger partial charge in [0.2, 0.25) is 0 Å². The van der Waals surface area contributed by atoms with Crippen molar-refractivity contribution in [2.24, 2.45) is 0 Å². The molecule has 1 nitrogen and oxygen atoms in total. The van der Waals surface area contributed by atoms with E-state index in [1.54, 1.807) is 6.07 Å². The fourth-order valence-corrected chi connectivity index (χ4v) is 3.00. The van der Waals surface area contributed by atoms with Crippen molar-refractivity contribution in [1.82, 2.24) is 0 Å². The lowest BCUT2D eigenvalue weighted by Gasteiger charge is -2.24. The summed E-state index contributed by atoms with van der Waals surface area (Å²) in [6.45, 7) is 0. The SMILES string of the molecule is Fc1ccc(NC2CCSCC2)c(Cl)c1. The number of nitrogens with one attached hydrogen (secondary N) is 1. The average molecular weight is 246 g/mol. The van der Waals surface area contributed by atoms with E-state index in [1.807, 2.05) is 11.8 Å². The lowest BCUT2D eigenvalue weighted by atomic mass is 10.1. The number of benzene rings is 1. The van der Waals surface area contributed by atoms with Gasteiger partial charge in [0.25, 0.3) is 0 Å². The highest BCUT2D eigenvalue weighted by molar-refractivity contribution is 7.99. The van der Waals surface area contributed by atoms with E-state index in [4.69, 9.17) is 11.6 Å². The van der Waals surface area contributed by atoms with E-state index < -0.39 is 0 Å². The number of halogens is 2. The van der Waals surface area contributed by atoms with Gasteiger partial charge in [0.05, 0.1) is 10.7 Å². The van der Waals surface area contributed by atoms with E-state index in [0.717, 1.165) is 18.5 Å². The molecular weight excluding hydrogens is 233 g/mol. The quantitative estimate of drug-likeness (QED) is 0.851. The highest BCUT2D eigenvalue weighted by Crippen LogP contribution is 2.26. The van der Waals surface area contributed by atoms with Crippen LogP contribution in [-0.2, 0) is 0 Å². The Labute approximate surface area is 98.4 Å². The third kappa shape index (κ3) is 3.02. The van der Waals surface area contributed by atoms with Crippen molar-refractivity contribution < 1.29 is 4.39 Å². The summed E-state index contributed by atoms with van der Waals surface area (Å²) < 4.78 is 12.8. The molecule has 0 atom stereocenters. The summed E-state index contributed by atoms with van der Waals surface area (Å²) in [6.07, 6.45) is 2.30. The van der Waals surface area contributed by atoms with Crippen LogP contribution < -0.4 is 5.32 Å². The maximum Gasteiger partial charge on any atom is 0.124 e. The second-order valence-corrected chi connectivity index (χ2v) is 5.29. The van der Waals surface area contributed by atoms with Crippen molar-refractivity contribution in [3.05, 3.63) is 29.0 Å². The molecule has 0 amide bonds. The maximum atomic E-state index is 12.8. The zero-order valence-electron chi connectivity index (χ0n) is 8.30. The van der Waals surface area contributed by atoms with E-state index in [0.29, 0.717) is 11.1 Å². The molecule has 15 heavy (non-hydrogen) atoms. The van der Waals surface area contributed by atoms with Crippen molar-refractivity contribution in [3.8, 4) is 0 Å². The number of thioether (sulfide) groups is 1. The Hall–Kier alpha value is -0.410. The molecule has 1 aliphatic rings. The minimum absolute atomic E-state index is 0.287. The van der Waals surface area contributed by atoms with Gasteiger partial charge in [-0.05, 0) is 42.5 Å². The summed E-state index contributed by atoms with van der Waals surface area (Å²) >= 11 is 7.92. The highest BCUT2D eigenvalue weighted by Gasteiger charge is 2.14. The predicted octanol–water partition coefficient (Wildman–Crippen LogP) is 3.79. The minimum atomic E-state index is -0.287. The number of rotatable bonds is 2. The van der Waals surface area contributed by atoms with Gasteiger partial charge < -0.3 is 5.32 Å². The number of anilines is 1. The summed E-state index contributed by atoms with van der Waals surface area (Å²) in [4.78, 5) is 0. The molecule has 1 heterocycles.